The Bertz CT molecular complexity index is 344. The predicted octanol–water partition coefficient (Wildman–Crippen LogP) is 3.57. The molecule has 0 radical (unpaired) electrons. The Kier molecular flexibility index (Phi) is 13.8. The molecular weight excluding hydrogens is 429 g/mol. The second kappa shape index (κ2) is 15.0. The molecule has 25 heavy (non-hydrogen) atoms. The number of ether oxygens (including phenoxy) is 2. The topological polar surface area (TPSA) is 54.9 Å². The zero-order valence-electron chi connectivity index (χ0n) is 15.9. The summed E-state index contributed by atoms with van der Waals surface area (Å²) in [5, 5.41) is 6.80. The van der Waals surface area contributed by atoms with Gasteiger partial charge in [-0.05, 0) is 43.9 Å². The molecule has 5 nitrogen and oxygen atoms in total. The molecule has 1 heterocycles. The molecule has 0 spiro atoms. The third kappa shape index (κ3) is 10.6. The number of rotatable bonds is 10. The maximum absolute atomic E-state index is 5.79. The van der Waals surface area contributed by atoms with Crippen molar-refractivity contribution >= 4 is 29.9 Å². The fraction of sp³-hybridized carbons (Fsp3) is 0.947. The predicted molar refractivity (Wildman–Crippen MR) is 115 cm³/mol. The van der Waals surface area contributed by atoms with Crippen molar-refractivity contribution in [3.8, 4) is 0 Å². The van der Waals surface area contributed by atoms with E-state index in [1.165, 1.54) is 38.5 Å². The van der Waals surface area contributed by atoms with Crippen LogP contribution in [0, 0.1) is 11.8 Å². The molecule has 2 fully saturated rings. The van der Waals surface area contributed by atoms with Crippen molar-refractivity contribution < 1.29 is 9.47 Å². The Labute approximate surface area is 171 Å². The van der Waals surface area contributed by atoms with Crippen LogP contribution in [0.2, 0.25) is 0 Å². The summed E-state index contributed by atoms with van der Waals surface area (Å²) in [6.45, 7) is 5.45. The molecule has 0 amide bonds. The first-order chi connectivity index (χ1) is 11.9. The maximum atomic E-state index is 5.79. The Morgan fingerprint density at radius 3 is 2.36 bits per heavy atom. The molecular formula is C19H38IN3O2. The minimum atomic E-state index is 0. The highest BCUT2D eigenvalue weighted by molar-refractivity contribution is 14.0. The van der Waals surface area contributed by atoms with E-state index in [1.807, 2.05) is 7.05 Å². The Hall–Kier alpha value is -0.0800. The van der Waals surface area contributed by atoms with E-state index in [0.29, 0.717) is 5.92 Å². The average molecular weight is 467 g/mol. The second-order valence-electron chi connectivity index (χ2n) is 7.20. The number of guanidine groups is 1. The van der Waals surface area contributed by atoms with E-state index in [0.717, 1.165) is 70.7 Å². The van der Waals surface area contributed by atoms with Crippen LogP contribution in [0.5, 0.6) is 0 Å². The highest BCUT2D eigenvalue weighted by Crippen LogP contribution is 2.28. The molecule has 0 atom stereocenters. The minimum absolute atomic E-state index is 0. The molecule has 1 aliphatic carbocycles. The second-order valence-corrected chi connectivity index (χ2v) is 7.20. The van der Waals surface area contributed by atoms with Crippen LogP contribution in [0.25, 0.3) is 0 Å². The fourth-order valence-electron chi connectivity index (χ4n) is 3.66. The lowest BCUT2D eigenvalue weighted by Crippen LogP contribution is -2.38. The van der Waals surface area contributed by atoms with Crippen LogP contribution in [-0.4, -0.2) is 52.5 Å². The summed E-state index contributed by atoms with van der Waals surface area (Å²) < 4.78 is 11.2. The summed E-state index contributed by atoms with van der Waals surface area (Å²) in [6.07, 6.45) is 11.7. The molecule has 0 unspecified atom stereocenters. The van der Waals surface area contributed by atoms with Gasteiger partial charge in [0.25, 0.3) is 0 Å². The highest BCUT2D eigenvalue weighted by atomic mass is 127. The van der Waals surface area contributed by atoms with Crippen LogP contribution in [0.3, 0.4) is 0 Å². The van der Waals surface area contributed by atoms with Crippen molar-refractivity contribution in [1.82, 2.24) is 10.6 Å². The first kappa shape index (κ1) is 23.0. The number of aliphatic imine (C=N–C) groups is 1. The Morgan fingerprint density at radius 2 is 1.68 bits per heavy atom. The number of nitrogens with zero attached hydrogens (tertiary/aromatic N) is 1. The largest absolute Gasteiger partial charge is 0.381 e. The Morgan fingerprint density at radius 1 is 1.00 bits per heavy atom. The molecule has 1 aliphatic heterocycles. The maximum Gasteiger partial charge on any atom is 0.190 e. The van der Waals surface area contributed by atoms with Gasteiger partial charge < -0.3 is 20.1 Å². The van der Waals surface area contributed by atoms with Gasteiger partial charge in [0, 0.05) is 46.6 Å². The smallest absolute Gasteiger partial charge is 0.190 e. The van der Waals surface area contributed by atoms with Crippen molar-refractivity contribution in [2.45, 2.75) is 57.8 Å². The van der Waals surface area contributed by atoms with Crippen LogP contribution < -0.4 is 10.6 Å². The van der Waals surface area contributed by atoms with Gasteiger partial charge in [-0.25, -0.2) is 0 Å². The van der Waals surface area contributed by atoms with E-state index in [1.54, 1.807) is 0 Å². The number of hydrogen-bond donors (Lipinski definition) is 2. The van der Waals surface area contributed by atoms with Gasteiger partial charge in [0.1, 0.15) is 0 Å². The quantitative estimate of drug-likeness (QED) is 0.223. The Balaban J connectivity index is 0.00000312. The fourth-order valence-corrected chi connectivity index (χ4v) is 3.66. The van der Waals surface area contributed by atoms with Crippen LogP contribution >= 0.6 is 24.0 Å². The standard InChI is InChI=1S/C19H37N3O2.HI/c1-20-19(21-11-4-8-17-6-2-3-7-17)22-12-5-13-24-16-18-9-14-23-15-10-18;/h17-18H,2-16H2,1H3,(H2,20,21,22);1H. The first-order valence-corrected chi connectivity index (χ1v) is 9.98. The van der Waals surface area contributed by atoms with Crippen molar-refractivity contribution in [3.63, 3.8) is 0 Å². The van der Waals surface area contributed by atoms with E-state index >= 15 is 0 Å². The summed E-state index contributed by atoms with van der Waals surface area (Å²) in [6, 6.07) is 0. The molecule has 1 saturated heterocycles. The third-order valence-electron chi connectivity index (χ3n) is 5.23. The molecule has 0 aromatic carbocycles. The third-order valence-corrected chi connectivity index (χ3v) is 5.23. The molecule has 2 rings (SSSR count). The van der Waals surface area contributed by atoms with Gasteiger partial charge in [0.05, 0.1) is 0 Å². The van der Waals surface area contributed by atoms with Crippen LogP contribution in [-0.2, 0) is 9.47 Å². The molecule has 6 heteroatoms. The van der Waals surface area contributed by atoms with Crippen LogP contribution in [0.4, 0.5) is 0 Å². The van der Waals surface area contributed by atoms with Crippen LogP contribution in [0.1, 0.15) is 57.8 Å². The molecule has 2 N–H and O–H groups in total. The lowest BCUT2D eigenvalue weighted by Gasteiger charge is -2.21. The summed E-state index contributed by atoms with van der Waals surface area (Å²) in [5.41, 5.74) is 0. The van der Waals surface area contributed by atoms with Gasteiger partial charge in [-0.1, -0.05) is 25.7 Å². The van der Waals surface area contributed by atoms with Crippen LogP contribution in [0.15, 0.2) is 4.99 Å². The first-order valence-electron chi connectivity index (χ1n) is 9.98. The minimum Gasteiger partial charge on any atom is -0.381 e. The summed E-state index contributed by atoms with van der Waals surface area (Å²) >= 11 is 0. The summed E-state index contributed by atoms with van der Waals surface area (Å²) in [5.74, 6) is 2.60. The van der Waals surface area contributed by atoms with Gasteiger partial charge >= 0.3 is 0 Å². The molecule has 0 aromatic heterocycles. The number of hydrogen-bond acceptors (Lipinski definition) is 3. The van der Waals surface area contributed by atoms with Gasteiger partial charge in [0.2, 0.25) is 0 Å². The van der Waals surface area contributed by atoms with E-state index in [2.05, 4.69) is 15.6 Å². The summed E-state index contributed by atoms with van der Waals surface area (Å²) in [7, 11) is 1.84. The highest BCUT2D eigenvalue weighted by Gasteiger charge is 2.14. The van der Waals surface area contributed by atoms with Gasteiger partial charge in [-0.3, -0.25) is 4.99 Å². The van der Waals surface area contributed by atoms with Gasteiger partial charge in [0.15, 0.2) is 5.96 Å². The molecule has 0 bridgehead atoms. The van der Waals surface area contributed by atoms with Crippen molar-refractivity contribution in [1.29, 1.82) is 0 Å². The average Bonchev–Trinajstić information content (AvgIpc) is 3.14. The lowest BCUT2D eigenvalue weighted by molar-refractivity contribution is 0.0203. The molecule has 148 valence electrons. The van der Waals surface area contributed by atoms with E-state index < -0.39 is 0 Å². The zero-order valence-corrected chi connectivity index (χ0v) is 18.3. The monoisotopic (exact) mass is 467 g/mol. The number of halogens is 1. The molecule has 0 aromatic rings. The zero-order chi connectivity index (χ0) is 16.9. The van der Waals surface area contributed by atoms with Crippen molar-refractivity contribution in [2.75, 3.05) is 46.6 Å². The lowest BCUT2D eigenvalue weighted by atomic mass is 10.0. The van der Waals surface area contributed by atoms with Crippen molar-refractivity contribution in [2.24, 2.45) is 16.8 Å². The van der Waals surface area contributed by atoms with E-state index in [-0.39, 0.29) is 24.0 Å². The van der Waals surface area contributed by atoms with E-state index in [4.69, 9.17) is 9.47 Å². The van der Waals surface area contributed by atoms with Gasteiger partial charge in [-0.15, -0.1) is 24.0 Å². The van der Waals surface area contributed by atoms with Gasteiger partial charge in [-0.2, -0.15) is 0 Å². The normalized spacial score (nSPS) is 19.6. The van der Waals surface area contributed by atoms with Crippen molar-refractivity contribution in [3.05, 3.63) is 0 Å². The summed E-state index contributed by atoms with van der Waals surface area (Å²) in [4.78, 5) is 4.29. The SMILES string of the molecule is CN=C(NCCCOCC1CCOCC1)NCCCC1CCCC1.I. The van der Waals surface area contributed by atoms with E-state index in [9.17, 15) is 0 Å². The molecule has 1 saturated carbocycles. The number of nitrogens with one attached hydrogen (secondary N) is 2. The molecule has 2 aliphatic rings.